The van der Waals surface area contributed by atoms with Crippen molar-refractivity contribution in [3.05, 3.63) is 29.8 Å². The SMILES string of the molecule is CCN(CC)S(=O)(=O)c1cccc(C(=O)OCC(=O)N(C)CCC#N)c1. The van der Waals surface area contributed by atoms with E-state index < -0.39 is 28.5 Å². The Hall–Kier alpha value is -2.44. The maximum atomic E-state index is 12.5. The Morgan fingerprint density at radius 3 is 2.46 bits per heavy atom. The number of amides is 1. The fourth-order valence-electron chi connectivity index (χ4n) is 2.16. The summed E-state index contributed by atoms with van der Waals surface area (Å²) in [6, 6.07) is 7.44. The molecular formula is C17H23N3O5S. The third-order valence-electron chi connectivity index (χ3n) is 3.72. The van der Waals surface area contributed by atoms with Crippen LogP contribution in [0.5, 0.6) is 0 Å². The molecule has 0 atom stereocenters. The first-order valence-corrected chi connectivity index (χ1v) is 9.60. The van der Waals surface area contributed by atoms with E-state index in [1.54, 1.807) is 13.8 Å². The Morgan fingerprint density at radius 2 is 1.88 bits per heavy atom. The molecule has 0 unspecified atom stereocenters. The molecule has 0 saturated heterocycles. The molecular weight excluding hydrogens is 358 g/mol. The van der Waals surface area contributed by atoms with Crippen molar-refractivity contribution in [2.45, 2.75) is 25.2 Å². The van der Waals surface area contributed by atoms with Crippen molar-refractivity contribution in [2.75, 3.05) is 33.3 Å². The molecule has 0 aliphatic rings. The van der Waals surface area contributed by atoms with E-state index in [1.807, 2.05) is 6.07 Å². The van der Waals surface area contributed by atoms with Crippen molar-refractivity contribution in [1.82, 2.24) is 9.21 Å². The number of nitrogens with zero attached hydrogens (tertiary/aromatic N) is 3. The molecule has 8 nitrogen and oxygen atoms in total. The molecule has 0 saturated carbocycles. The first kappa shape index (κ1) is 21.6. The van der Waals surface area contributed by atoms with Gasteiger partial charge in [0.15, 0.2) is 6.61 Å². The topological polar surface area (TPSA) is 108 Å². The Bertz CT molecular complexity index is 782. The molecule has 0 N–H and O–H groups in total. The molecule has 1 amide bonds. The summed E-state index contributed by atoms with van der Waals surface area (Å²) in [5, 5.41) is 8.50. The van der Waals surface area contributed by atoms with Gasteiger partial charge in [0.05, 0.1) is 22.9 Å². The predicted molar refractivity (Wildman–Crippen MR) is 94.7 cm³/mol. The van der Waals surface area contributed by atoms with Crippen LogP contribution in [-0.2, 0) is 19.6 Å². The van der Waals surface area contributed by atoms with Gasteiger partial charge in [-0.05, 0) is 18.2 Å². The normalized spacial score (nSPS) is 11.0. The lowest BCUT2D eigenvalue weighted by atomic mass is 10.2. The second-order valence-corrected chi connectivity index (χ2v) is 7.35. The van der Waals surface area contributed by atoms with E-state index in [4.69, 9.17) is 10.00 Å². The van der Waals surface area contributed by atoms with E-state index in [1.165, 1.54) is 40.5 Å². The molecule has 0 heterocycles. The Kier molecular flexibility index (Phi) is 8.22. The van der Waals surface area contributed by atoms with E-state index in [-0.39, 0.29) is 23.4 Å². The van der Waals surface area contributed by atoms with Crippen LogP contribution in [0.2, 0.25) is 0 Å². The van der Waals surface area contributed by atoms with E-state index in [0.29, 0.717) is 13.1 Å². The highest BCUT2D eigenvalue weighted by molar-refractivity contribution is 7.89. The van der Waals surface area contributed by atoms with Crippen LogP contribution in [-0.4, -0.2) is 62.8 Å². The minimum absolute atomic E-state index is 0.00638. The highest BCUT2D eigenvalue weighted by atomic mass is 32.2. The van der Waals surface area contributed by atoms with Crippen LogP contribution in [0.15, 0.2) is 29.2 Å². The lowest BCUT2D eigenvalue weighted by molar-refractivity contribution is -0.133. The predicted octanol–water partition coefficient (Wildman–Crippen LogP) is 1.25. The summed E-state index contributed by atoms with van der Waals surface area (Å²) in [7, 11) is -2.19. The summed E-state index contributed by atoms with van der Waals surface area (Å²) in [4.78, 5) is 25.2. The molecule has 0 aliphatic heterocycles. The molecule has 0 aromatic heterocycles. The molecule has 0 radical (unpaired) electrons. The summed E-state index contributed by atoms with van der Waals surface area (Å²) in [6.45, 7) is 3.85. The number of hydrogen-bond acceptors (Lipinski definition) is 6. The second-order valence-electron chi connectivity index (χ2n) is 5.42. The maximum absolute atomic E-state index is 12.5. The monoisotopic (exact) mass is 381 g/mol. The van der Waals surface area contributed by atoms with Crippen molar-refractivity contribution >= 4 is 21.9 Å². The van der Waals surface area contributed by atoms with Gasteiger partial charge >= 0.3 is 5.97 Å². The van der Waals surface area contributed by atoms with Crippen LogP contribution in [0.4, 0.5) is 0 Å². The lowest BCUT2D eigenvalue weighted by Crippen LogP contribution is -2.32. The van der Waals surface area contributed by atoms with Gasteiger partial charge in [-0.1, -0.05) is 19.9 Å². The zero-order valence-corrected chi connectivity index (χ0v) is 16.0. The average Bonchev–Trinajstić information content (AvgIpc) is 2.64. The van der Waals surface area contributed by atoms with Gasteiger partial charge in [-0.2, -0.15) is 9.57 Å². The van der Waals surface area contributed by atoms with Gasteiger partial charge in [0.25, 0.3) is 5.91 Å². The van der Waals surface area contributed by atoms with Crippen LogP contribution in [0.1, 0.15) is 30.6 Å². The lowest BCUT2D eigenvalue weighted by Gasteiger charge is -2.18. The summed E-state index contributed by atoms with van der Waals surface area (Å²) < 4.78 is 31.3. The number of likely N-dealkylation sites (N-methyl/N-ethyl adjacent to an activating group) is 1. The van der Waals surface area contributed by atoms with E-state index in [2.05, 4.69) is 0 Å². The number of rotatable bonds is 9. The van der Waals surface area contributed by atoms with Crippen LogP contribution < -0.4 is 0 Å². The Balaban J connectivity index is 2.83. The summed E-state index contributed by atoms with van der Waals surface area (Å²) in [5.41, 5.74) is 0.0470. The molecule has 0 spiro atoms. The van der Waals surface area contributed by atoms with Crippen molar-refractivity contribution < 1.29 is 22.7 Å². The summed E-state index contributed by atoms with van der Waals surface area (Å²) in [6.07, 6.45) is 0.182. The molecule has 0 aliphatic carbocycles. The van der Waals surface area contributed by atoms with E-state index in [9.17, 15) is 18.0 Å². The largest absolute Gasteiger partial charge is 0.452 e. The molecule has 9 heteroatoms. The smallest absolute Gasteiger partial charge is 0.338 e. The van der Waals surface area contributed by atoms with E-state index in [0.717, 1.165) is 0 Å². The average molecular weight is 381 g/mol. The molecule has 142 valence electrons. The number of nitriles is 1. The number of ether oxygens (including phenoxy) is 1. The number of hydrogen-bond donors (Lipinski definition) is 0. The van der Waals surface area contributed by atoms with E-state index >= 15 is 0 Å². The number of carbonyl (C=O) groups is 2. The highest BCUT2D eigenvalue weighted by Gasteiger charge is 2.23. The quantitative estimate of drug-likeness (QED) is 0.596. The second kappa shape index (κ2) is 9.89. The zero-order valence-electron chi connectivity index (χ0n) is 15.1. The summed E-state index contributed by atoms with van der Waals surface area (Å²) >= 11 is 0. The number of benzene rings is 1. The first-order chi connectivity index (χ1) is 12.3. The fraction of sp³-hybridized carbons (Fsp3) is 0.471. The third kappa shape index (κ3) is 5.54. The van der Waals surface area contributed by atoms with Gasteiger partial charge < -0.3 is 9.64 Å². The molecule has 26 heavy (non-hydrogen) atoms. The third-order valence-corrected chi connectivity index (χ3v) is 5.77. The van der Waals surface area contributed by atoms with Crippen LogP contribution in [0.3, 0.4) is 0 Å². The van der Waals surface area contributed by atoms with Gasteiger partial charge in [-0.25, -0.2) is 13.2 Å². The van der Waals surface area contributed by atoms with Gasteiger partial charge in [0, 0.05) is 26.7 Å². The molecule has 1 aromatic carbocycles. The molecule has 0 fully saturated rings. The Labute approximate surface area is 154 Å². The number of sulfonamides is 1. The van der Waals surface area contributed by atoms with Gasteiger partial charge in [0.1, 0.15) is 0 Å². The van der Waals surface area contributed by atoms with Gasteiger partial charge in [-0.15, -0.1) is 0 Å². The first-order valence-electron chi connectivity index (χ1n) is 8.16. The maximum Gasteiger partial charge on any atom is 0.338 e. The van der Waals surface area contributed by atoms with Crippen LogP contribution in [0, 0.1) is 11.3 Å². The van der Waals surface area contributed by atoms with Crippen LogP contribution >= 0.6 is 0 Å². The number of esters is 1. The minimum Gasteiger partial charge on any atom is -0.452 e. The summed E-state index contributed by atoms with van der Waals surface area (Å²) in [5.74, 6) is -1.23. The molecule has 0 bridgehead atoms. The Morgan fingerprint density at radius 1 is 1.23 bits per heavy atom. The molecule has 1 rings (SSSR count). The fourth-order valence-corrected chi connectivity index (χ4v) is 3.66. The van der Waals surface area contributed by atoms with Gasteiger partial charge in [0.2, 0.25) is 10.0 Å². The number of carbonyl (C=O) groups excluding carboxylic acids is 2. The van der Waals surface area contributed by atoms with Crippen molar-refractivity contribution in [2.24, 2.45) is 0 Å². The van der Waals surface area contributed by atoms with Crippen molar-refractivity contribution in [1.29, 1.82) is 5.26 Å². The van der Waals surface area contributed by atoms with Crippen molar-refractivity contribution in [3.63, 3.8) is 0 Å². The standard InChI is InChI=1S/C17H23N3O5S/c1-4-20(5-2)26(23,24)15-9-6-8-14(12-15)17(22)25-13-16(21)19(3)11-7-10-18/h6,8-9,12H,4-5,7,11,13H2,1-3H3. The zero-order chi connectivity index (χ0) is 19.7. The highest BCUT2D eigenvalue weighted by Crippen LogP contribution is 2.17. The minimum atomic E-state index is -3.69. The molecule has 1 aromatic rings. The van der Waals surface area contributed by atoms with Crippen molar-refractivity contribution in [3.8, 4) is 6.07 Å². The van der Waals surface area contributed by atoms with Gasteiger partial charge in [-0.3, -0.25) is 4.79 Å². The van der Waals surface area contributed by atoms with Crippen LogP contribution in [0.25, 0.3) is 0 Å².